The van der Waals surface area contributed by atoms with Crippen molar-refractivity contribution in [2.75, 3.05) is 0 Å². The van der Waals surface area contributed by atoms with Gasteiger partial charge < -0.3 is 10.8 Å². The molecule has 5 heteroatoms. The van der Waals surface area contributed by atoms with E-state index in [1.54, 1.807) is 4.68 Å². The fraction of sp³-hybridized carbons (Fsp3) is 0.667. The minimum Gasteiger partial charge on any atom is -0.392 e. The molecular formula is C12H21N3O2. The molecule has 0 spiro atoms. The number of hydrogen-bond acceptors (Lipinski definition) is 3. The molecule has 1 rings (SSSR count). The van der Waals surface area contributed by atoms with Gasteiger partial charge in [0.05, 0.1) is 18.2 Å². The minimum atomic E-state index is -0.628. The van der Waals surface area contributed by atoms with Gasteiger partial charge in [-0.25, -0.2) is 0 Å². The van der Waals surface area contributed by atoms with E-state index in [-0.39, 0.29) is 12.3 Å². The molecule has 0 aliphatic heterocycles. The van der Waals surface area contributed by atoms with E-state index in [9.17, 15) is 9.90 Å². The second-order valence-electron chi connectivity index (χ2n) is 4.59. The van der Waals surface area contributed by atoms with Gasteiger partial charge in [0, 0.05) is 13.2 Å². The second-order valence-corrected chi connectivity index (χ2v) is 4.59. The van der Waals surface area contributed by atoms with E-state index in [1.807, 2.05) is 26.2 Å². The normalized spacial score (nSPS) is 14.5. The number of carbonyl (C=O) groups excluding carboxylic acids is 1. The standard InChI is InChI=1S/C12H21N3O2/c1-9(11(16)8-12(13)17)4-3-5-10-6-7-15(2)14-10/h6-7,9,11,16H,3-5,8H2,1-2H3,(H2,13,17)/t9-,11+/m1/s1. The molecule has 0 aromatic carbocycles. The summed E-state index contributed by atoms with van der Waals surface area (Å²) in [5.74, 6) is -0.361. The maximum Gasteiger partial charge on any atom is 0.220 e. The molecule has 2 atom stereocenters. The van der Waals surface area contributed by atoms with Gasteiger partial charge in [-0.3, -0.25) is 9.48 Å². The summed E-state index contributed by atoms with van der Waals surface area (Å²) in [6, 6.07) is 1.99. The van der Waals surface area contributed by atoms with Crippen molar-refractivity contribution < 1.29 is 9.90 Å². The molecule has 0 fully saturated rings. The first-order chi connectivity index (χ1) is 7.99. The largest absolute Gasteiger partial charge is 0.392 e. The fourth-order valence-electron chi connectivity index (χ4n) is 1.80. The number of rotatable bonds is 7. The van der Waals surface area contributed by atoms with Crippen LogP contribution in [0.4, 0.5) is 0 Å². The summed E-state index contributed by atoms with van der Waals surface area (Å²) in [5, 5.41) is 13.9. The number of primary amides is 1. The van der Waals surface area contributed by atoms with Crippen molar-refractivity contribution in [3.8, 4) is 0 Å². The van der Waals surface area contributed by atoms with Crippen LogP contribution < -0.4 is 5.73 Å². The third-order valence-electron chi connectivity index (χ3n) is 2.93. The summed E-state index contributed by atoms with van der Waals surface area (Å²) in [7, 11) is 1.89. The van der Waals surface area contributed by atoms with Crippen molar-refractivity contribution in [2.45, 2.75) is 38.7 Å². The summed E-state index contributed by atoms with van der Waals surface area (Å²) < 4.78 is 1.78. The van der Waals surface area contributed by atoms with Crippen molar-refractivity contribution in [1.82, 2.24) is 9.78 Å². The summed E-state index contributed by atoms with van der Waals surface area (Å²) in [6.07, 6.45) is 4.05. The summed E-state index contributed by atoms with van der Waals surface area (Å²) >= 11 is 0. The van der Waals surface area contributed by atoms with Crippen LogP contribution in [-0.2, 0) is 18.3 Å². The maximum atomic E-state index is 10.7. The average Bonchev–Trinajstić information content (AvgIpc) is 2.63. The Morgan fingerprint density at radius 1 is 1.65 bits per heavy atom. The monoisotopic (exact) mass is 239 g/mol. The maximum absolute atomic E-state index is 10.7. The quantitative estimate of drug-likeness (QED) is 0.731. The zero-order valence-corrected chi connectivity index (χ0v) is 10.5. The predicted octanol–water partition coefficient (Wildman–Crippen LogP) is 0.615. The summed E-state index contributed by atoms with van der Waals surface area (Å²) in [6.45, 7) is 1.94. The number of nitrogens with two attached hydrogens (primary N) is 1. The molecule has 5 nitrogen and oxygen atoms in total. The molecule has 0 saturated carbocycles. The van der Waals surface area contributed by atoms with Crippen LogP contribution in [0.15, 0.2) is 12.3 Å². The first kappa shape index (κ1) is 13.7. The lowest BCUT2D eigenvalue weighted by atomic mass is 9.95. The first-order valence-corrected chi connectivity index (χ1v) is 5.94. The Balaban J connectivity index is 2.24. The molecule has 0 bridgehead atoms. The lowest BCUT2D eigenvalue weighted by molar-refractivity contribution is -0.120. The van der Waals surface area contributed by atoms with Gasteiger partial charge in [-0.15, -0.1) is 0 Å². The Bertz CT molecular complexity index is 362. The highest BCUT2D eigenvalue weighted by Gasteiger charge is 2.16. The van der Waals surface area contributed by atoms with Crippen molar-refractivity contribution in [1.29, 1.82) is 0 Å². The van der Waals surface area contributed by atoms with Crippen LogP contribution in [0.3, 0.4) is 0 Å². The third kappa shape index (κ3) is 4.99. The molecule has 0 radical (unpaired) electrons. The van der Waals surface area contributed by atoms with Crippen LogP contribution in [0.5, 0.6) is 0 Å². The topological polar surface area (TPSA) is 81.1 Å². The van der Waals surface area contributed by atoms with Crippen LogP contribution >= 0.6 is 0 Å². The Morgan fingerprint density at radius 2 is 2.35 bits per heavy atom. The molecule has 1 aromatic rings. The molecule has 1 aromatic heterocycles. The number of amides is 1. The lowest BCUT2D eigenvalue weighted by Gasteiger charge is -2.16. The molecule has 3 N–H and O–H groups in total. The molecule has 0 aliphatic rings. The SMILES string of the molecule is C[C@H](CCCc1ccn(C)n1)[C@@H](O)CC(N)=O. The van der Waals surface area contributed by atoms with E-state index < -0.39 is 12.0 Å². The van der Waals surface area contributed by atoms with E-state index in [4.69, 9.17) is 5.73 Å². The number of carbonyl (C=O) groups is 1. The predicted molar refractivity (Wildman–Crippen MR) is 65.1 cm³/mol. The summed E-state index contributed by atoms with van der Waals surface area (Å²) in [5.41, 5.74) is 6.10. The van der Waals surface area contributed by atoms with E-state index in [1.165, 1.54) is 0 Å². The van der Waals surface area contributed by atoms with Crippen LogP contribution in [0.25, 0.3) is 0 Å². The number of aliphatic hydroxyl groups is 1. The van der Waals surface area contributed by atoms with Crippen LogP contribution in [0.2, 0.25) is 0 Å². The van der Waals surface area contributed by atoms with Crippen molar-refractivity contribution in [3.63, 3.8) is 0 Å². The second kappa shape index (κ2) is 6.39. The van der Waals surface area contributed by atoms with Gasteiger partial charge in [0.2, 0.25) is 5.91 Å². The Hall–Kier alpha value is -1.36. The van der Waals surface area contributed by atoms with Crippen LogP contribution in [0, 0.1) is 5.92 Å². The number of nitrogens with zero attached hydrogens (tertiary/aromatic N) is 2. The van der Waals surface area contributed by atoms with Gasteiger partial charge in [0.25, 0.3) is 0 Å². The Kier molecular flexibility index (Phi) is 5.15. The van der Waals surface area contributed by atoms with Gasteiger partial charge in [0.1, 0.15) is 0 Å². The minimum absolute atomic E-state index is 0.0464. The van der Waals surface area contributed by atoms with Gasteiger partial charge in [-0.05, 0) is 31.2 Å². The molecule has 0 saturated heterocycles. The number of aliphatic hydroxyl groups excluding tert-OH is 1. The average molecular weight is 239 g/mol. The fourth-order valence-corrected chi connectivity index (χ4v) is 1.80. The van der Waals surface area contributed by atoms with E-state index >= 15 is 0 Å². The molecular weight excluding hydrogens is 218 g/mol. The Labute approximate surface area is 102 Å². The van der Waals surface area contributed by atoms with Crippen molar-refractivity contribution >= 4 is 5.91 Å². The lowest BCUT2D eigenvalue weighted by Crippen LogP contribution is -2.25. The van der Waals surface area contributed by atoms with Gasteiger partial charge in [-0.2, -0.15) is 5.10 Å². The highest BCUT2D eigenvalue weighted by atomic mass is 16.3. The molecule has 0 aliphatic carbocycles. The highest BCUT2D eigenvalue weighted by molar-refractivity contribution is 5.74. The first-order valence-electron chi connectivity index (χ1n) is 5.94. The number of aromatic nitrogens is 2. The highest BCUT2D eigenvalue weighted by Crippen LogP contribution is 2.15. The molecule has 1 amide bonds. The molecule has 17 heavy (non-hydrogen) atoms. The smallest absolute Gasteiger partial charge is 0.220 e. The molecule has 96 valence electrons. The van der Waals surface area contributed by atoms with Crippen molar-refractivity contribution in [2.24, 2.45) is 18.7 Å². The van der Waals surface area contributed by atoms with E-state index in [2.05, 4.69) is 5.10 Å². The third-order valence-corrected chi connectivity index (χ3v) is 2.93. The van der Waals surface area contributed by atoms with E-state index in [0.29, 0.717) is 0 Å². The number of hydrogen-bond donors (Lipinski definition) is 2. The number of aryl methyl sites for hydroxylation is 2. The van der Waals surface area contributed by atoms with Gasteiger partial charge in [0.15, 0.2) is 0 Å². The van der Waals surface area contributed by atoms with E-state index in [0.717, 1.165) is 25.0 Å². The van der Waals surface area contributed by atoms with Gasteiger partial charge in [-0.1, -0.05) is 6.92 Å². The zero-order chi connectivity index (χ0) is 12.8. The van der Waals surface area contributed by atoms with Gasteiger partial charge >= 0.3 is 0 Å². The molecule has 0 unspecified atom stereocenters. The van der Waals surface area contributed by atoms with Crippen LogP contribution in [0.1, 0.15) is 31.9 Å². The zero-order valence-electron chi connectivity index (χ0n) is 10.5. The molecule has 1 heterocycles. The summed E-state index contributed by atoms with van der Waals surface area (Å²) in [4.78, 5) is 10.7. The van der Waals surface area contributed by atoms with Crippen LogP contribution in [-0.4, -0.2) is 26.9 Å². The van der Waals surface area contributed by atoms with Crippen molar-refractivity contribution in [3.05, 3.63) is 18.0 Å². The Morgan fingerprint density at radius 3 is 2.88 bits per heavy atom.